The number of methoxy groups -OCH3 is 1. The van der Waals surface area contributed by atoms with Crippen molar-refractivity contribution in [3.63, 3.8) is 0 Å². The summed E-state index contributed by atoms with van der Waals surface area (Å²) in [5.41, 5.74) is -1.02. The van der Waals surface area contributed by atoms with Crippen molar-refractivity contribution in [2.45, 2.75) is 18.6 Å². The number of alkyl halides is 1. The van der Waals surface area contributed by atoms with Gasteiger partial charge >= 0.3 is 0 Å². The molecule has 1 aliphatic rings. The van der Waals surface area contributed by atoms with Gasteiger partial charge in [0.2, 0.25) is 0 Å². The number of carbonyl (C=O) groups excluding carboxylic acids is 2. The fourth-order valence-corrected chi connectivity index (χ4v) is 2.37. The number of likely N-dealkylation sites (tertiary alicyclic amines) is 1. The number of nitro groups is 1. The Morgan fingerprint density at radius 1 is 1.59 bits per heavy atom. The van der Waals surface area contributed by atoms with Crippen LogP contribution in [0.5, 0.6) is 11.5 Å². The molecule has 2 rings (SSSR count). The molecule has 0 saturated carbocycles. The summed E-state index contributed by atoms with van der Waals surface area (Å²) >= 11 is 0. The van der Waals surface area contributed by atoms with Crippen LogP contribution < -0.4 is 4.74 Å². The van der Waals surface area contributed by atoms with Crippen LogP contribution in [0.2, 0.25) is 0 Å². The van der Waals surface area contributed by atoms with Gasteiger partial charge in [0.15, 0.2) is 11.5 Å². The van der Waals surface area contributed by atoms with Gasteiger partial charge in [-0.2, -0.15) is 0 Å². The molecule has 9 heteroatoms. The van der Waals surface area contributed by atoms with E-state index in [9.17, 15) is 29.2 Å². The van der Waals surface area contributed by atoms with Gasteiger partial charge in [-0.3, -0.25) is 14.9 Å². The Hall–Kier alpha value is -2.71. The van der Waals surface area contributed by atoms with Crippen molar-refractivity contribution < 1.29 is 28.7 Å². The molecule has 0 spiro atoms. The van der Waals surface area contributed by atoms with Crippen LogP contribution in [-0.4, -0.2) is 53.0 Å². The first-order valence-corrected chi connectivity index (χ1v) is 6.34. The Bertz CT molecular complexity index is 635. The van der Waals surface area contributed by atoms with E-state index in [0.29, 0.717) is 6.29 Å². The molecule has 1 unspecified atom stereocenters. The van der Waals surface area contributed by atoms with Crippen LogP contribution >= 0.6 is 0 Å². The smallest absolute Gasteiger partial charge is 0.286 e. The average molecular weight is 312 g/mol. The van der Waals surface area contributed by atoms with Gasteiger partial charge in [0.05, 0.1) is 30.7 Å². The summed E-state index contributed by atoms with van der Waals surface area (Å²) in [5, 5.41) is 20.6. The fraction of sp³-hybridized carbons (Fsp3) is 0.385. The summed E-state index contributed by atoms with van der Waals surface area (Å²) in [6.07, 6.45) is -1.07. The summed E-state index contributed by atoms with van der Waals surface area (Å²) in [7, 11) is 1.22. The Kier molecular flexibility index (Phi) is 4.25. The van der Waals surface area contributed by atoms with Crippen molar-refractivity contribution in [3.8, 4) is 11.5 Å². The Morgan fingerprint density at radius 3 is 2.82 bits per heavy atom. The van der Waals surface area contributed by atoms with Gasteiger partial charge in [-0.1, -0.05) is 0 Å². The van der Waals surface area contributed by atoms with Crippen molar-refractivity contribution in [2.75, 3.05) is 13.7 Å². The number of halogens is 1. The number of nitro benzene ring substituents is 1. The molecule has 0 radical (unpaired) electrons. The summed E-state index contributed by atoms with van der Waals surface area (Å²) in [5.74, 6) is -1.49. The molecule has 0 aliphatic carbocycles. The third kappa shape index (κ3) is 2.69. The Balaban J connectivity index is 2.48. The fourth-order valence-electron chi connectivity index (χ4n) is 2.37. The lowest BCUT2D eigenvalue weighted by atomic mass is 10.1. The van der Waals surface area contributed by atoms with Crippen molar-refractivity contribution >= 4 is 17.9 Å². The van der Waals surface area contributed by atoms with Crippen LogP contribution in [0.3, 0.4) is 0 Å². The number of ether oxygens (including phenoxy) is 1. The molecule has 1 aromatic rings. The predicted molar refractivity (Wildman–Crippen MR) is 71.7 cm³/mol. The highest BCUT2D eigenvalue weighted by Gasteiger charge is 2.38. The van der Waals surface area contributed by atoms with Crippen LogP contribution in [0.25, 0.3) is 0 Å². The number of hydrogen-bond acceptors (Lipinski definition) is 6. The highest BCUT2D eigenvalue weighted by molar-refractivity contribution is 6.00. The molecule has 1 aromatic carbocycles. The normalized spacial score (nSPS) is 20.7. The van der Waals surface area contributed by atoms with E-state index in [1.54, 1.807) is 0 Å². The number of rotatable bonds is 4. The molecule has 1 N–H and O–H groups in total. The lowest BCUT2D eigenvalue weighted by Gasteiger charge is -2.20. The minimum absolute atomic E-state index is 0.132. The Morgan fingerprint density at radius 2 is 2.27 bits per heavy atom. The number of hydrogen-bond donors (Lipinski definition) is 1. The summed E-state index contributed by atoms with van der Waals surface area (Å²) in [6.45, 7) is -0.317. The molecule has 118 valence electrons. The zero-order valence-corrected chi connectivity index (χ0v) is 11.6. The third-order valence-electron chi connectivity index (χ3n) is 3.43. The number of aldehydes is 1. The number of phenols is 1. The van der Waals surface area contributed by atoms with E-state index in [0.717, 1.165) is 17.0 Å². The zero-order chi connectivity index (χ0) is 16.4. The molecular formula is C13H13FN2O6. The second-order valence-corrected chi connectivity index (χ2v) is 4.79. The highest BCUT2D eigenvalue weighted by atomic mass is 19.1. The number of benzene rings is 1. The molecule has 1 amide bonds. The maximum atomic E-state index is 13.4. The molecule has 8 nitrogen and oxygen atoms in total. The first-order valence-electron chi connectivity index (χ1n) is 6.34. The van der Waals surface area contributed by atoms with Crippen LogP contribution in [-0.2, 0) is 4.79 Å². The summed E-state index contributed by atoms with van der Waals surface area (Å²) in [6, 6.07) is 0.815. The monoisotopic (exact) mass is 312 g/mol. The number of carbonyl (C=O) groups is 2. The highest BCUT2D eigenvalue weighted by Crippen LogP contribution is 2.35. The summed E-state index contributed by atoms with van der Waals surface area (Å²) in [4.78, 5) is 34.5. The molecule has 1 saturated heterocycles. The van der Waals surface area contributed by atoms with E-state index in [-0.39, 0.29) is 24.3 Å². The maximum absolute atomic E-state index is 13.4. The van der Waals surface area contributed by atoms with E-state index < -0.39 is 34.5 Å². The van der Waals surface area contributed by atoms with Crippen LogP contribution in [0.15, 0.2) is 12.1 Å². The van der Waals surface area contributed by atoms with Gasteiger partial charge in [0, 0.05) is 12.5 Å². The largest absolute Gasteiger partial charge is 0.504 e. The SMILES string of the molecule is COc1cc(C(=O)N2CC(F)C[C@H]2C=O)c([N+](=O)[O-])cc1O. The molecule has 0 bridgehead atoms. The first kappa shape index (κ1) is 15.7. The minimum Gasteiger partial charge on any atom is -0.504 e. The number of aromatic hydroxyl groups is 1. The maximum Gasteiger partial charge on any atom is 0.286 e. The van der Waals surface area contributed by atoms with E-state index in [4.69, 9.17) is 4.74 Å². The van der Waals surface area contributed by atoms with Crippen LogP contribution in [0.4, 0.5) is 10.1 Å². The lowest BCUT2D eigenvalue weighted by Crippen LogP contribution is -2.37. The van der Waals surface area contributed by atoms with Gasteiger partial charge in [-0.25, -0.2) is 4.39 Å². The summed E-state index contributed by atoms with van der Waals surface area (Å²) < 4.78 is 18.2. The van der Waals surface area contributed by atoms with Gasteiger partial charge in [-0.15, -0.1) is 0 Å². The second kappa shape index (κ2) is 5.96. The van der Waals surface area contributed by atoms with Crippen molar-refractivity contribution in [3.05, 3.63) is 27.8 Å². The van der Waals surface area contributed by atoms with E-state index in [2.05, 4.69) is 0 Å². The molecule has 1 fully saturated rings. The van der Waals surface area contributed by atoms with Gasteiger partial charge in [0.25, 0.3) is 11.6 Å². The molecule has 0 aromatic heterocycles. The zero-order valence-electron chi connectivity index (χ0n) is 11.6. The lowest BCUT2D eigenvalue weighted by molar-refractivity contribution is -0.385. The van der Waals surface area contributed by atoms with Crippen LogP contribution in [0, 0.1) is 10.1 Å². The third-order valence-corrected chi connectivity index (χ3v) is 3.43. The second-order valence-electron chi connectivity index (χ2n) is 4.79. The van der Waals surface area contributed by atoms with Crippen LogP contribution in [0.1, 0.15) is 16.8 Å². The van der Waals surface area contributed by atoms with Crippen molar-refractivity contribution in [2.24, 2.45) is 0 Å². The molecule has 1 heterocycles. The quantitative estimate of drug-likeness (QED) is 0.505. The molecule has 22 heavy (non-hydrogen) atoms. The number of nitrogens with zero attached hydrogens (tertiary/aromatic N) is 2. The minimum atomic E-state index is -1.36. The van der Waals surface area contributed by atoms with Gasteiger partial charge in [0.1, 0.15) is 18.0 Å². The number of amides is 1. The van der Waals surface area contributed by atoms with Gasteiger partial charge < -0.3 is 19.5 Å². The van der Waals surface area contributed by atoms with E-state index in [1.165, 1.54) is 7.11 Å². The number of phenolic OH excluding ortho intramolecular Hbond substituents is 1. The molecular weight excluding hydrogens is 299 g/mol. The van der Waals surface area contributed by atoms with E-state index >= 15 is 0 Å². The molecule has 2 atom stereocenters. The first-order chi connectivity index (χ1) is 10.4. The van der Waals surface area contributed by atoms with Crippen molar-refractivity contribution in [1.82, 2.24) is 4.90 Å². The van der Waals surface area contributed by atoms with Gasteiger partial charge in [-0.05, 0) is 0 Å². The molecule has 1 aliphatic heterocycles. The van der Waals surface area contributed by atoms with Crippen molar-refractivity contribution in [1.29, 1.82) is 0 Å². The standard InChI is InChI=1S/C13H13FN2O6/c1-22-12-3-9(10(16(20)21)4-11(12)18)13(19)15-5-7(14)2-8(15)6-17/h3-4,6-8,18H,2,5H2,1H3/t7?,8-/m0/s1. The Labute approximate surface area is 124 Å². The predicted octanol–water partition coefficient (Wildman–Crippen LogP) is 1.06. The topological polar surface area (TPSA) is 110 Å². The average Bonchev–Trinajstić information content (AvgIpc) is 2.87. The van der Waals surface area contributed by atoms with E-state index in [1.807, 2.05) is 0 Å².